The molecule has 0 bridgehead atoms. The van der Waals surface area contributed by atoms with Crippen LogP contribution in [0.25, 0.3) is 0 Å². The van der Waals surface area contributed by atoms with Gasteiger partial charge >= 0.3 is 0 Å². The molecule has 0 saturated heterocycles. The first-order chi connectivity index (χ1) is 7.34. The Morgan fingerprint density at radius 1 is 1.40 bits per heavy atom. The second kappa shape index (κ2) is 4.84. The van der Waals surface area contributed by atoms with E-state index in [0.29, 0.717) is 0 Å². The quantitative estimate of drug-likeness (QED) is 0.855. The second-order valence-corrected chi connectivity index (χ2v) is 4.06. The molecule has 0 aliphatic carbocycles. The fourth-order valence-corrected chi connectivity index (χ4v) is 1.68. The molecular formula is C10H12N4S. The van der Waals surface area contributed by atoms with E-state index in [1.807, 2.05) is 19.2 Å². The van der Waals surface area contributed by atoms with Gasteiger partial charge in [0.25, 0.3) is 0 Å². The molecule has 4 nitrogen and oxygen atoms in total. The Bertz CT molecular complexity index is 396. The summed E-state index contributed by atoms with van der Waals surface area (Å²) in [7, 11) is 0. The molecule has 15 heavy (non-hydrogen) atoms. The second-order valence-electron chi connectivity index (χ2n) is 3.23. The van der Waals surface area contributed by atoms with Gasteiger partial charge in [0.15, 0.2) is 0 Å². The topological polar surface area (TPSA) is 50.7 Å². The van der Waals surface area contributed by atoms with E-state index in [9.17, 15) is 0 Å². The molecule has 0 unspecified atom stereocenters. The minimum atomic E-state index is 0.861. The van der Waals surface area contributed by atoms with Crippen molar-refractivity contribution in [1.82, 2.24) is 15.2 Å². The van der Waals surface area contributed by atoms with Gasteiger partial charge in [-0.2, -0.15) is 0 Å². The van der Waals surface area contributed by atoms with Gasteiger partial charge < -0.3 is 5.32 Å². The molecule has 0 aliphatic rings. The lowest BCUT2D eigenvalue weighted by molar-refractivity contribution is 0.979. The molecule has 0 atom stereocenters. The van der Waals surface area contributed by atoms with Gasteiger partial charge in [-0.25, -0.2) is 0 Å². The molecule has 0 aromatic carbocycles. The van der Waals surface area contributed by atoms with E-state index in [1.165, 1.54) is 16.9 Å². The average molecular weight is 220 g/mol. The Morgan fingerprint density at radius 3 is 3.00 bits per heavy atom. The van der Waals surface area contributed by atoms with Crippen molar-refractivity contribution >= 4 is 16.5 Å². The third kappa shape index (κ3) is 2.99. The Kier molecular flexibility index (Phi) is 3.24. The maximum absolute atomic E-state index is 4.24. The van der Waals surface area contributed by atoms with E-state index in [2.05, 4.69) is 26.6 Å². The van der Waals surface area contributed by atoms with Crippen molar-refractivity contribution in [3.63, 3.8) is 0 Å². The summed E-state index contributed by atoms with van der Waals surface area (Å²) in [5, 5.41) is 11.7. The van der Waals surface area contributed by atoms with E-state index in [0.717, 1.165) is 23.8 Å². The molecule has 0 spiro atoms. The van der Waals surface area contributed by atoms with Crippen LogP contribution in [0.3, 0.4) is 0 Å². The van der Waals surface area contributed by atoms with Crippen molar-refractivity contribution in [1.29, 1.82) is 0 Å². The Labute approximate surface area is 92.4 Å². The van der Waals surface area contributed by atoms with Crippen LogP contribution in [0.15, 0.2) is 23.8 Å². The Hall–Kier alpha value is -1.49. The number of rotatable bonds is 4. The summed E-state index contributed by atoms with van der Waals surface area (Å²) in [6.07, 6.45) is 2.87. The molecule has 0 saturated carbocycles. The van der Waals surface area contributed by atoms with Crippen molar-refractivity contribution in [2.45, 2.75) is 13.3 Å². The van der Waals surface area contributed by atoms with Crippen LogP contribution in [-0.2, 0) is 6.42 Å². The van der Waals surface area contributed by atoms with Crippen LogP contribution in [0, 0.1) is 6.92 Å². The fraction of sp³-hybridized carbons (Fsp3) is 0.300. The maximum atomic E-state index is 4.24. The smallest absolute Gasteiger partial charge is 0.205 e. The molecule has 5 heteroatoms. The highest BCUT2D eigenvalue weighted by atomic mass is 32.1. The van der Waals surface area contributed by atoms with Gasteiger partial charge in [0.05, 0.1) is 0 Å². The lowest BCUT2D eigenvalue weighted by Crippen LogP contribution is -2.04. The van der Waals surface area contributed by atoms with Crippen LogP contribution in [0.5, 0.6) is 0 Å². The van der Waals surface area contributed by atoms with E-state index in [-0.39, 0.29) is 0 Å². The van der Waals surface area contributed by atoms with Gasteiger partial charge in [-0.05, 0) is 25.0 Å². The van der Waals surface area contributed by atoms with Crippen LogP contribution in [0.1, 0.15) is 11.3 Å². The van der Waals surface area contributed by atoms with E-state index in [4.69, 9.17) is 0 Å². The minimum Gasteiger partial charge on any atom is -0.360 e. The van der Waals surface area contributed by atoms with Crippen molar-refractivity contribution < 1.29 is 0 Å². The molecular weight excluding hydrogens is 208 g/mol. The molecule has 2 aromatic rings. The summed E-state index contributed by atoms with van der Waals surface area (Å²) in [5.74, 6) is 0. The minimum absolute atomic E-state index is 0.861. The number of aryl methyl sites for hydroxylation is 1. The van der Waals surface area contributed by atoms with Crippen LogP contribution < -0.4 is 5.32 Å². The SMILES string of the molecule is Cc1ccc(CCNc2nncs2)cn1. The standard InChI is InChI=1S/C10H12N4S/c1-8-2-3-9(6-12-8)4-5-11-10-14-13-7-15-10/h2-3,6-7H,4-5H2,1H3,(H,11,14). The number of hydrogen-bond acceptors (Lipinski definition) is 5. The summed E-state index contributed by atoms with van der Waals surface area (Å²) in [6, 6.07) is 4.13. The summed E-state index contributed by atoms with van der Waals surface area (Å²) in [4.78, 5) is 4.24. The van der Waals surface area contributed by atoms with E-state index < -0.39 is 0 Å². The van der Waals surface area contributed by atoms with Crippen LogP contribution >= 0.6 is 11.3 Å². The molecule has 0 amide bonds. The molecule has 78 valence electrons. The van der Waals surface area contributed by atoms with Crippen LogP contribution in [0.4, 0.5) is 5.13 Å². The van der Waals surface area contributed by atoms with Gasteiger partial charge in [-0.3, -0.25) is 4.98 Å². The van der Waals surface area contributed by atoms with E-state index in [1.54, 1.807) is 5.51 Å². The average Bonchev–Trinajstić information content (AvgIpc) is 2.74. The lowest BCUT2D eigenvalue weighted by Gasteiger charge is -2.02. The largest absolute Gasteiger partial charge is 0.360 e. The Balaban J connectivity index is 1.81. The summed E-state index contributed by atoms with van der Waals surface area (Å²) in [6.45, 7) is 2.85. The molecule has 2 aromatic heterocycles. The van der Waals surface area contributed by atoms with E-state index >= 15 is 0 Å². The van der Waals surface area contributed by atoms with Crippen molar-refractivity contribution in [2.75, 3.05) is 11.9 Å². The highest BCUT2D eigenvalue weighted by Gasteiger charge is 1.96. The van der Waals surface area contributed by atoms with Gasteiger partial charge in [-0.1, -0.05) is 17.4 Å². The monoisotopic (exact) mass is 220 g/mol. The lowest BCUT2D eigenvalue weighted by atomic mass is 10.2. The first-order valence-corrected chi connectivity index (χ1v) is 5.64. The number of aromatic nitrogens is 3. The number of nitrogens with one attached hydrogen (secondary N) is 1. The normalized spacial score (nSPS) is 10.2. The number of hydrogen-bond donors (Lipinski definition) is 1. The van der Waals surface area contributed by atoms with Gasteiger partial charge in [0.1, 0.15) is 5.51 Å². The summed E-state index contributed by atoms with van der Waals surface area (Å²) < 4.78 is 0. The highest BCUT2D eigenvalue weighted by molar-refractivity contribution is 7.13. The Morgan fingerprint density at radius 2 is 2.33 bits per heavy atom. The third-order valence-electron chi connectivity index (χ3n) is 2.02. The zero-order valence-electron chi connectivity index (χ0n) is 8.47. The molecule has 0 aliphatic heterocycles. The molecule has 1 N–H and O–H groups in total. The number of pyridine rings is 1. The van der Waals surface area contributed by atoms with Gasteiger partial charge in [0.2, 0.25) is 5.13 Å². The maximum Gasteiger partial charge on any atom is 0.205 e. The molecule has 0 radical (unpaired) electrons. The first-order valence-electron chi connectivity index (χ1n) is 4.76. The van der Waals surface area contributed by atoms with Crippen molar-refractivity contribution in [3.05, 3.63) is 35.1 Å². The fourth-order valence-electron chi connectivity index (χ4n) is 1.21. The predicted octanol–water partition coefficient (Wildman–Crippen LogP) is 1.90. The predicted molar refractivity (Wildman–Crippen MR) is 61.1 cm³/mol. The summed E-state index contributed by atoms with van der Waals surface area (Å²) in [5.41, 5.74) is 4.00. The van der Waals surface area contributed by atoms with Crippen molar-refractivity contribution in [2.24, 2.45) is 0 Å². The van der Waals surface area contributed by atoms with Gasteiger partial charge in [0, 0.05) is 18.4 Å². The number of anilines is 1. The third-order valence-corrected chi connectivity index (χ3v) is 2.67. The van der Waals surface area contributed by atoms with Crippen LogP contribution in [0.2, 0.25) is 0 Å². The zero-order valence-corrected chi connectivity index (χ0v) is 9.29. The summed E-state index contributed by atoms with van der Waals surface area (Å²) >= 11 is 1.51. The highest BCUT2D eigenvalue weighted by Crippen LogP contribution is 2.08. The van der Waals surface area contributed by atoms with Crippen LogP contribution in [-0.4, -0.2) is 21.7 Å². The molecule has 2 rings (SSSR count). The zero-order chi connectivity index (χ0) is 10.5. The molecule has 0 fully saturated rings. The first kappa shape index (κ1) is 10.0. The van der Waals surface area contributed by atoms with Crippen molar-refractivity contribution in [3.8, 4) is 0 Å². The molecule has 2 heterocycles. The van der Waals surface area contributed by atoms with Gasteiger partial charge in [-0.15, -0.1) is 10.2 Å². The number of nitrogens with zero attached hydrogens (tertiary/aromatic N) is 3.